The monoisotopic (exact) mass is 458 g/mol. The van der Waals surface area contributed by atoms with Crippen molar-refractivity contribution in [1.82, 2.24) is 9.88 Å². The third-order valence-electron chi connectivity index (χ3n) is 4.94. The Bertz CT molecular complexity index is 763. The van der Waals surface area contributed by atoms with Gasteiger partial charge in [-0.05, 0) is 75.5 Å². The summed E-state index contributed by atoms with van der Waals surface area (Å²) in [6.45, 7) is 9.47. The Labute approximate surface area is 173 Å². The number of piperidine rings is 1. The summed E-state index contributed by atoms with van der Waals surface area (Å²) in [6.07, 6.45) is 0.300. The van der Waals surface area contributed by atoms with E-state index in [1.165, 1.54) is 19.2 Å². The van der Waals surface area contributed by atoms with Crippen molar-refractivity contribution in [2.45, 2.75) is 65.0 Å². The van der Waals surface area contributed by atoms with Gasteiger partial charge in [0.05, 0.1) is 18.2 Å². The van der Waals surface area contributed by atoms with Crippen LogP contribution in [0.2, 0.25) is 0 Å². The summed E-state index contributed by atoms with van der Waals surface area (Å²) < 4.78 is 25.4. The minimum Gasteiger partial charge on any atom is -0.469 e. The maximum absolute atomic E-state index is 14.3. The highest BCUT2D eigenvalue weighted by molar-refractivity contribution is 9.10. The summed E-state index contributed by atoms with van der Waals surface area (Å²) >= 11 is 3.25. The van der Waals surface area contributed by atoms with Crippen LogP contribution in [-0.4, -0.2) is 46.7 Å². The van der Waals surface area contributed by atoms with Crippen LogP contribution in [-0.2, 0) is 20.7 Å². The zero-order chi connectivity index (χ0) is 21.3. The van der Waals surface area contributed by atoms with Crippen LogP contribution in [0, 0.1) is 11.2 Å². The van der Waals surface area contributed by atoms with Crippen LogP contribution in [0.25, 0.3) is 0 Å². The number of aromatic nitrogens is 1. The number of amides is 1. The lowest BCUT2D eigenvalue weighted by Crippen LogP contribution is -2.59. The Kier molecular flexibility index (Phi) is 6.43. The number of carbonyl (C=O) groups excluding carboxylic acids is 2. The first kappa shape index (κ1) is 22.6. The van der Waals surface area contributed by atoms with E-state index in [1.54, 1.807) is 4.90 Å². The molecule has 1 unspecified atom stereocenters. The Balaban J connectivity index is 2.34. The van der Waals surface area contributed by atoms with Crippen molar-refractivity contribution >= 4 is 28.0 Å². The molecule has 1 saturated heterocycles. The summed E-state index contributed by atoms with van der Waals surface area (Å²) in [4.78, 5) is 31.2. The van der Waals surface area contributed by atoms with Crippen LogP contribution in [0.3, 0.4) is 0 Å². The molecule has 0 spiro atoms. The first-order valence-electron chi connectivity index (χ1n) is 9.20. The van der Waals surface area contributed by atoms with Gasteiger partial charge in [0.25, 0.3) is 0 Å². The normalized spacial score (nSPS) is 21.9. The first-order valence-corrected chi connectivity index (χ1v) is 9.99. The fourth-order valence-electron chi connectivity index (χ4n) is 3.81. The highest BCUT2D eigenvalue weighted by Crippen LogP contribution is 2.44. The zero-order valence-corrected chi connectivity index (χ0v) is 18.9. The molecule has 1 aliphatic rings. The Hall–Kier alpha value is -1.70. The highest BCUT2D eigenvalue weighted by atomic mass is 79.9. The van der Waals surface area contributed by atoms with Crippen LogP contribution in [0.5, 0.6) is 0 Å². The zero-order valence-electron chi connectivity index (χ0n) is 17.3. The first-order chi connectivity index (χ1) is 12.8. The second kappa shape index (κ2) is 7.97. The number of hydrogen-bond acceptors (Lipinski definition) is 5. The van der Waals surface area contributed by atoms with Crippen LogP contribution in [0.1, 0.15) is 53.2 Å². The summed E-state index contributed by atoms with van der Waals surface area (Å²) in [6, 6.07) is 2.83. The predicted molar refractivity (Wildman–Crippen MR) is 106 cm³/mol. The molecule has 1 aromatic heterocycles. The van der Waals surface area contributed by atoms with Crippen molar-refractivity contribution in [3.63, 3.8) is 0 Å². The van der Waals surface area contributed by atoms with Gasteiger partial charge in [0.1, 0.15) is 16.0 Å². The quantitative estimate of drug-likeness (QED) is 0.492. The molecule has 1 aromatic rings. The van der Waals surface area contributed by atoms with E-state index in [-0.39, 0.29) is 12.1 Å². The van der Waals surface area contributed by atoms with E-state index in [1.807, 2.05) is 34.6 Å². The SMILES string of the molecule is COC(=O)C1(Cc2nc(Br)ccc2F)CCN(C(=O)OC(C)(C)C)C(C)(C)C1. The van der Waals surface area contributed by atoms with Crippen molar-refractivity contribution in [2.24, 2.45) is 5.41 Å². The number of methoxy groups -OCH3 is 1. The largest absolute Gasteiger partial charge is 0.469 e. The minimum absolute atomic E-state index is 0.0938. The Morgan fingerprint density at radius 2 is 1.96 bits per heavy atom. The third kappa shape index (κ3) is 5.01. The Morgan fingerprint density at radius 3 is 2.50 bits per heavy atom. The average Bonchev–Trinajstić information content (AvgIpc) is 2.54. The summed E-state index contributed by atoms with van der Waals surface area (Å²) in [7, 11) is 1.32. The Morgan fingerprint density at radius 1 is 1.32 bits per heavy atom. The molecule has 2 heterocycles. The molecular weight excluding hydrogens is 431 g/mol. The fraction of sp³-hybridized carbons (Fsp3) is 0.650. The second-order valence-corrected chi connectivity index (χ2v) is 9.69. The molecule has 1 fully saturated rings. The number of nitrogens with zero attached hydrogens (tertiary/aromatic N) is 2. The molecule has 0 saturated carbocycles. The molecule has 0 aromatic carbocycles. The summed E-state index contributed by atoms with van der Waals surface area (Å²) in [5, 5.41) is 0. The number of carbonyl (C=O) groups is 2. The lowest BCUT2D eigenvalue weighted by Gasteiger charge is -2.49. The van der Waals surface area contributed by atoms with Crippen LogP contribution < -0.4 is 0 Å². The maximum atomic E-state index is 14.3. The molecule has 1 aliphatic heterocycles. The second-order valence-electron chi connectivity index (χ2n) is 8.88. The molecule has 6 nitrogen and oxygen atoms in total. The summed E-state index contributed by atoms with van der Waals surface area (Å²) in [5.41, 5.74) is -2.09. The van der Waals surface area contributed by atoms with Crippen LogP contribution in [0.15, 0.2) is 16.7 Å². The van der Waals surface area contributed by atoms with E-state index in [4.69, 9.17) is 9.47 Å². The van der Waals surface area contributed by atoms with Gasteiger partial charge in [0, 0.05) is 18.5 Å². The van der Waals surface area contributed by atoms with E-state index in [9.17, 15) is 14.0 Å². The van der Waals surface area contributed by atoms with E-state index >= 15 is 0 Å². The molecule has 1 atom stereocenters. The molecule has 0 N–H and O–H groups in total. The van der Waals surface area contributed by atoms with Crippen molar-refractivity contribution in [2.75, 3.05) is 13.7 Å². The van der Waals surface area contributed by atoms with Gasteiger partial charge >= 0.3 is 12.1 Å². The van der Waals surface area contributed by atoms with Crippen molar-refractivity contribution in [1.29, 1.82) is 0 Å². The van der Waals surface area contributed by atoms with Gasteiger partial charge in [-0.25, -0.2) is 14.2 Å². The highest BCUT2D eigenvalue weighted by Gasteiger charge is 2.52. The number of likely N-dealkylation sites (tertiary alicyclic amines) is 1. The lowest BCUT2D eigenvalue weighted by molar-refractivity contribution is -0.159. The number of esters is 1. The third-order valence-corrected chi connectivity index (χ3v) is 5.38. The number of ether oxygens (including phenoxy) is 2. The number of pyridine rings is 1. The van der Waals surface area contributed by atoms with E-state index in [0.29, 0.717) is 24.0 Å². The van der Waals surface area contributed by atoms with Crippen LogP contribution in [0.4, 0.5) is 9.18 Å². The van der Waals surface area contributed by atoms with Gasteiger partial charge in [-0.15, -0.1) is 0 Å². The topological polar surface area (TPSA) is 68.7 Å². The van der Waals surface area contributed by atoms with Crippen molar-refractivity contribution in [3.8, 4) is 0 Å². The minimum atomic E-state index is -0.981. The van der Waals surface area contributed by atoms with Crippen molar-refractivity contribution in [3.05, 3.63) is 28.2 Å². The molecule has 8 heteroatoms. The maximum Gasteiger partial charge on any atom is 0.410 e. The molecule has 156 valence electrons. The van der Waals surface area contributed by atoms with Gasteiger partial charge in [-0.2, -0.15) is 0 Å². The fourth-order valence-corrected chi connectivity index (χ4v) is 4.16. The van der Waals surface area contributed by atoms with Gasteiger partial charge < -0.3 is 14.4 Å². The number of hydrogen-bond donors (Lipinski definition) is 0. The van der Waals surface area contributed by atoms with Gasteiger partial charge in [-0.1, -0.05) is 0 Å². The molecule has 1 amide bonds. The van der Waals surface area contributed by atoms with Gasteiger partial charge in [-0.3, -0.25) is 4.79 Å². The molecular formula is C20H28BrFN2O4. The smallest absolute Gasteiger partial charge is 0.410 e. The summed E-state index contributed by atoms with van der Waals surface area (Å²) in [5.74, 6) is -0.899. The molecule has 0 aliphatic carbocycles. The molecule has 28 heavy (non-hydrogen) atoms. The standard InChI is InChI=1S/C20H28BrFN2O4/c1-18(2,3)28-17(26)24-10-9-20(16(25)27-6,12-19(24,4)5)11-14-13(22)7-8-15(21)23-14/h7-8H,9-12H2,1-6H3. The molecule has 0 radical (unpaired) electrons. The average molecular weight is 459 g/mol. The predicted octanol–water partition coefficient (Wildman–Crippen LogP) is 4.49. The number of halogens is 2. The lowest BCUT2D eigenvalue weighted by atomic mass is 9.68. The van der Waals surface area contributed by atoms with Crippen molar-refractivity contribution < 1.29 is 23.5 Å². The number of rotatable bonds is 3. The van der Waals surface area contributed by atoms with Gasteiger partial charge in [0.2, 0.25) is 0 Å². The molecule has 0 bridgehead atoms. The van der Waals surface area contributed by atoms with E-state index in [0.717, 1.165) is 0 Å². The van der Waals surface area contributed by atoms with Gasteiger partial charge in [0.15, 0.2) is 0 Å². The van der Waals surface area contributed by atoms with E-state index in [2.05, 4.69) is 20.9 Å². The van der Waals surface area contributed by atoms with Crippen LogP contribution >= 0.6 is 15.9 Å². The van der Waals surface area contributed by atoms with E-state index < -0.39 is 34.4 Å². The molecule has 2 rings (SSSR count).